The highest BCUT2D eigenvalue weighted by molar-refractivity contribution is 6.37. The molecule has 11 heteroatoms. The molecule has 34 heavy (non-hydrogen) atoms. The molecule has 2 aliphatic rings. The number of carboxylic acid groups (broad SMARTS) is 2. The van der Waals surface area contributed by atoms with E-state index < -0.39 is 23.6 Å². The first-order valence-corrected chi connectivity index (χ1v) is 11.3. The number of aliphatic carboxylic acids is 1. The van der Waals surface area contributed by atoms with E-state index in [0.717, 1.165) is 5.56 Å². The zero-order valence-corrected chi connectivity index (χ0v) is 19.8. The van der Waals surface area contributed by atoms with E-state index >= 15 is 0 Å². The van der Waals surface area contributed by atoms with Crippen molar-refractivity contribution in [3.63, 3.8) is 0 Å². The summed E-state index contributed by atoms with van der Waals surface area (Å²) in [5.41, 5.74) is 0.693. The maximum absolute atomic E-state index is 12.1. The van der Waals surface area contributed by atoms with Gasteiger partial charge in [-0.25, -0.2) is 14.6 Å². The molecular formula is C23H23Cl2N3O6. The van der Waals surface area contributed by atoms with Crippen molar-refractivity contribution < 1.29 is 29.3 Å². The van der Waals surface area contributed by atoms with Crippen molar-refractivity contribution >= 4 is 35.3 Å². The number of nitrogens with zero attached hydrogens (tertiary/aromatic N) is 2. The molecule has 2 bridgehead atoms. The summed E-state index contributed by atoms with van der Waals surface area (Å²) in [4.78, 5) is 29.3. The van der Waals surface area contributed by atoms with Gasteiger partial charge in [-0.2, -0.15) is 0 Å². The van der Waals surface area contributed by atoms with Crippen LogP contribution in [0.5, 0.6) is 11.6 Å². The van der Waals surface area contributed by atoms with Crippen molar-refractivity contribution in [3.05, 3.63) is 63.3 Å². The number of halogens is 2. The van der Waals surface area contributed by atoms with E-state index in [0.29, 0.717) is 33.8 Å². The van der Waals surface area contributed by atoms with Gasteiger partial charge in [0.2, 0.25) is 5.88 Å². The highest BCUT2D eigenvalue weighted by atomic mass is 35.5. The van der Waals surface area contributed by atoms with Crippen molar-refractivity contribution in [1.29, 1.82) is 0 Å². The number of fused-ring (bicyclic) bond motifs is 2. The van der Waals surface area contributed by atoms with Crippen LogP contribution in [0.2, 0.25) is 10.0 Å². The summed E-state index contributed by atoms with van der Waals surface area (Å²) in [6.45, 7) is 2.83. The fourth-order valence-corrected chi connectivity index (χ4v) is 5.19. The normalized spacial score (nSPS) is 21.6. The first-order chi connectivity index (χ1) is 16.2. The fraction of sp³-hybridized carbons (Fsp3) is 0.348. The quantitative estimate of drug-likeness (QED) is 0.484. The molecule has 180 valence electrons. The van der Waals surface area contributed by atoms with Crippen LogP contribution in [0.4, 0.5) is 4.79 Å². The van der Waals surface area contributed by atoms with Crippen molar-refractivity contribution in [2.24, 2.45) is 0 Å². The second kappa shape index (κ2) is 9.69. The standard InChI is InChI=1S/C23H23Cl2N3O6/c1-13-8-16(24)20(17(25)9-13)34-7-6-33-19-3-2-14(10-27-19)23-5-4-15(21(29)30)18(11-26-12-23)28(23)22(31)32/h2-4,8-10,18,26H,5-7,11-12H2,1H3,(H,29,30)(H,31,32). The lowest BCUT2D eigenvalue weighted by Gasteiger charge is -2.52. The van der Waals surface area contributed by atoms with Crippen LogP contribution in [0.3, 0.4) is 0 Å². The average molecular weight is 508 g/mol. The summed E-state index contributed by atoms with van der Waals surface area (Å²) in [5, 5.41) is 23.4. The van der Waals surface area contributed by atoms with Crippen LogP contribution >= 0.6 is 23.2 Å². The van der Waals surface area contributed by atoms with Gasteiger partial charge in [-0.1, -0.05) is 29.3 Å². The lowest BCUT2D eigenvalue weighted by molar-refractivity contribution is -0.134. The molecule has 1 amide bonds. The van der Waals surface area contributed by atoms with Crippen molar-refractivity contribution in [1.82, 2.24) is 15.2 Å². The highest BCUT2D eigenvalue weighted by Gasteiger charge is 2.52. The molecule has 2 aliphatic heterocycles. The Morgan fingerprint density at radius 1 is 1.21 bits per heavy atom. The van der Waals surface area contributed by atoms with Gasteiger partial charge < -0.3 is 25.0 Å². The number of hydrogen-bond acceptors (Lipinski definition) is 6. The van der Waals surface area contributed by atoms with Crippen molar-refractivity contribution in [2.75, 3.05) is 26.3 Å². The third-order valence-corrected chi connectivity index (χ3v) is 6.56. The lowest BCUT2D eigenvalue weighted by Crippen LogP contribution is -2.67. The Hall–Kier alpha value is -3.01. The van der Waals surface area contributed by atoms with E-state index in [1.165, 1.54) is 4.90 Å². The van der Waals surface area contributed by atoms with Crippen LogP contribution in [-0.2, 0) is 10.3 Å². The zero-order valence-electron chi connectivity index (χ0n) is 18.3. The molecule has 2 unspecified atom stereocenters. The van der Waals surface area contributed by atoms with E-state index in [1.807, 2.05) is 6.92 Å². The van der Waals surface area contributed by atoms with Gasteiger partial charge >= 0.3 is 12.1 Å². The van der Waals surface area contributed by atoms with Gasteiger partial charge in [0.1, 0.15) is 13.2 Å². The predicted octanol–water partition coefficient (Wildman–Crippen LogP) is 3.72. The lowest BCUT2D eigenvalue weighted by atomic mass is 9.77. The molecule has 3 heterocycles. The number of carboxylic acids is 1. The molecule has 1 aromatic heterocycles. The fourth-order valence-electron chi connectivity index (χ4n) is 4.49. The summed E-state index contributed by atoms with van der Waals surface area (Å²) in [7, 11) is 0. The number of hydrogen-bond donors (Lipinski definition) is 3. The Balaban J connectivity index is 1.45. The first-order valence-electron chi connectivity index (χ1n) is 10.6. The molecule has 0 spiro atoms. The minimum Gasteiger partial charge on any atom is -0.487 e. The number of benzene rings is 1. The van der Waals surface area contributed by atoms with Crippen LogP contribution in [0, 0.1) is 6.92 Å². The third kappa shape index (κ3) is 4.51. The molecule has 0 saturated carbocycles. The second-order valence-electron chi connectivity index (χ2n) is 8.14. The van der Waals surface area contributed by atoms with Gasteiger partial charge in [0, 0.05) is 25.4 Å². The van der Waals surface area contributed by atoms with Crippen LogP contribution < -0.4 is 14.8 Å². The summed E-state index contributed by atoms with van der Waals surface area (Å²) in [6, 6.07) is 6.13. The molecule has 2 atom stereocenters. The number of rotatable bonds is 7. The smallest absolute Gasteiger partial charge is 0.408 e. The molecule has 9 nitrogen and oxygen atoms in total. The zero-order chi connectivity index (χ0) is 24.5. The number of nitrogens with one attached hydrogen (secondary N) is 1. The van der Waals surface area contributed by atoms with Crippen LogP contribution in [-0.4, -0.2) is 64.5 Å². The average Bonchev–Trinajstić information content (AvgIpc) is 2.77. The SMILES string of the molecule is Cc1cc(Cl)c(OCCOc2ccc(C34CC=C(C(=O)O)C(CNC3)N4C(=O)O)cn2)c(Cl)c1. The minimum absolute atomic E-state index is 0.0759. The Bertz CT molecular complexity index is 1120. The van der Waals surface area contributed by atoms with Crippen molar-refractivity contribution in [2.45, 2.75) is 24.9 Å². The maximum Gasteiger partial charge on any atom is 0.408 e. The summed E-state index contributed by atoms with van der Waals surface area (Å²) >= 11 is 12.3. The van der Waals surface area contributed by atoms with Gasteiger partial charge in [0.25, 0.3) is 0 Å². The molecule has 2 aromatic rings. The molecule has 3 N–H and O–H groups in total. The number of carbonyl (C=O) groups is 2. The van der Waals surface area contributed by atoms with Gasteiger partial charge in [0.15, 0.2) is 5.75 Å². The van der Waals surface area contributed by atoms with E-state index in [4.69, 9.17) is 32.7 Å². The Morgan fingerprint density at radius 3 is 2.53 bits per heavy atom. The third-order valence-electron chi connectivity index (χ3n) is 6.00. The second-order valence-corrected chi connectivity index (χ2v) is 8.95. The number of piperazine rings is 1. The van der Waals surface area contributed by atoms with E-state index in [1.54, 1.807) is 36.5 Å². The summed E-state index contributed by atoms with van der Waals surface area (Å²) in [5.74, 6) is -0.394. The first kappa shape index (κ1) is 24.1. The summed E-state index contributed by atoms with van der Waals surface area (Å²) < 4.78 is 11.3. The highest BCUT2D eigenvalue weighted by Crippen LogP contribution is 2.42. The number of pyridine rings is 1. The van der Waals surface area contributed by atoms with E-state index in [9.17, 15) is 19.8 Å². The number of aryl methyl sites for hydroxylation is 1. The van der Waals surface area contributed by atoms with E-state index in [-0.39, 0.29) is 31.8 Å². The molecule has 0 aliphatic carbocycles. The minimum atomic E-state index is -1.18. The summed E-state index contributed by atoms with van der Waals surface area (Å²) in [6.07, 6.45) is 2.21. The van der Waals surface area contributed by atoms with E-state index in [2.05, 4.69) is 10.3 Å². The predicted molar refractivity (Wildman–Crippen MR) is 125 cm³/mol. The molecule has 4 rings (SSSR count). The topological polar surface area (TPSA) is 121 Å². The molecule has 1 saturated heterocycles. The van der Waals surface area contributed by atoms with Gasteiger partial charge in [0.05, 0.1) is 27.2 Å². The molecule has 1 fully saturated rings. The van der Waals surface area contributed by atoms with Crippen LogP contribution in [0.1, 0.15) is 17.5 Å². The van der Waals surface area contributed by atoms with Crippen LogP contribution in [0.15, 0.2) is 42.1 Å². The molecule has 1 aromatic carbocycles. The van der Waals surface area contributed by atoms with Gasteiger partial charge in [-0.15, -0.1) is 0 Å². The van der Waals surface area contributed by atoms with Crippen molar-refractivity contribution in [3.8, 4) is 11.6 Å². The Kier molecular flexibility index (Phi) is 6.88. The van der Waals surface area contributed by atoms with Crippen LogP contribution in [0.25, 0.3) is 0 Å². The molecule has 0 radical (unpaired) electrons. The van der Waals surface area contributed by atoms with Gasteiger partial charge in [-0.05, 0) is 42.7 Å². The number of amides is 1. The number of ether oxygens (including phenoxy) is 2. The monoisotopic (exact) mass is 507 g/mol. The number of aromatic nitrogens is 1. The Labute approximate surface area is 205 Å². The maximum atomic E-state index is 12.1. The Morgan fingerprint density at radius 2 is 1.91 bits per heavy atom. The largest absolute Gasteiger partial charge is 0.487 e. The molecular weight excluding hydrogens is 485 g/mol. The van der Waals surface area contributed by atoms with Gasteiger partial charge in [-0.3, -0.25) is 4.90 Å².